The molecule has 31 heavy (non-hydrogen) atoms. The fraction of sp³-hybridized carbons (Fsp3) is 0. The topological polar surface area (TPSA) is 80.3 Å². The number of sulfonamides is 1. The van der Waals surface area contributed by atoms with Gasteiger partial charge >= 0.3 is 0 Å². The van der Waals surface area contributed by atoms with Gasteiger partial charge in [-0.2, -0.15) is 0 Å². The Balaban J connectivity index is 1.74. The molecule has 0 amide bonds. The second-order valence-corrected chi connectivity index (χ2v) is 9.79. The third kappa shape index (κ3) is 3.28. The quantitative estimate of drug-likeness (QED) is 0.495. The summed E-state index contributed by atoms with van der Waals surface area (Å²) in [7, 11) is -4.07. The Labute approximate surface area is 182 Å². The highest BCUT2D eigenvalue weighted by atomic mass is 32.2. The predicted octanol–water partition coefficient (Wildman–Crippen LogP) is 4.67. The number of Topliss-reactive ketones (excluding diaryl/α,β-unsaturated/α-hetero) is 2. The average molecular weight is 446 g/mol. The summed E-state index contributed by atoms with van der Waals surface area (Å²) < 4.78 is 29.4. The summed E-state index contributed by atoms with van der Waals surface area (Å²) in [6.45, 7) is 0. The van der Waals surface area contributed by atoms with Gasteiger partial charge in [0.15, 0.2) is 5.78 Å². The van der Waals surface area contributed by atoms with Crippen LogP contribution in [0.5, 0.6) is 0 Å². The number of hydrogen-bond acceptors (Lipinski definition) is 5. The highest BCUT2D eigenvalue weighted by Crippen LogP contribution is 2.37. The molecule has 5 nitrogen and oxygen atoms in total. The van der Waals surface area contributed by atoms with E-state index in [1.807, 2.05) is 30.3 Å². The summed E-state index contributed by atoms with van der Waals surface area (Å²) in [4.78, 5) is 27.3. The third-order valence-electron chi connectivity index (χ3n) is 5.08. The van der Waals surface area contributed by atoms with Crippen LogP contribution in [0.2, 0.25) is 0 Å². The van der Waals surface area contributed by atoms with E-state index in [-0.39, 0.29) is 33.1 Å². The van der Waals surface area contributed by atoms with Crippen LogP contribution in [0.1, 0.15) is 25.6 Å². The zero-order chi connectivity index (χ0) is 21.6. The third-order valence-corrected chi connectivity index (χ3v) is 7.58. The number of carbonyl (C=O) groups excluding carboxylic acids is 2. The molecule has 1 N–H and O–H groups in total. The summed E-state index contributed by atoms with van der Waals surface area (Å²) in [5, 5.41) is 0.916. The standard InChI is InChI=1S/C24H15NO4S2/c26-23-17-11-5-6-12-18(17)24(27)22(25-31(28,29)16-9-2-1-3-10-16)21(23)20-14-15-8-4-7-13-19(15)30-20/h1-14,25H. The van der Waals surface area contributed by atoms with Gasteiger partial charge in [0.05, 0.1) is 10.5 Å². The van der Waals surface area contributed by atoms with Crippen molar-refractivity contribution in [1.29, 1.82) is 0 Å². The number of thiophene rings is 1. The lowest BCUT2D eigenvalue weighted by molar-refractivity contribution is 0.0988. The second-order valence-electron chi connectivity index (χ2n) is 7.02. The Kier molecular flexibility index (Phi) is 4.57. The lowest BCUT2D eigenvalue weighted by atomic mass is 9.86. The molecule has 1 heterocycles. The van der Waals surface area contributed by atoms with Gasteiger partial charge in [-0.1, -0.05) is 60.7 Å². The smallest absolute Gasteiger partial charge is 0.262 e. The van der Waals surface area contributed by atoms with Gasteiger partial charge in [-0.3, -0.25) is 14.3 Å². The molecule has 0 aliphatic heterocycles. The molecule has 5 rings (SSSR count). The summed E-state index contributed by atoms with van der Waals surface area (Å²) >= 11 is 1.34. The summed E-state index contributed by atoms with van der Waals surface area (Å²) in [5.74, 6) is -0.908. The van der Waals surface area contributed by atoms with Crippen LogP contribution in [-0.4, -0.2) is 20.0 Å². The van der Waals surface area contributed by atoms with E-state index >= 15 is 0 Å². The number of ketones is 2. The fourth-order valence-electron chi connectivity index (χ4n) is 3.61. The van der Waals surface area contributed by atoms with E-state index in [0.717, 1.165) is 10.1 Å². The molecule has 7 heteroatoms. The molecular formula is C24H15NO4S2. The molecule has 0 bridgehead atoms. The molecule has 3 aromatic carbocycles. The summed E-state index contributed by atoms with van der Waals surface area (Å²) in [6, 6.07) is 23.6. The Morgan fingerprint density at radius 2 is 1.32 bits per heavy atom. The van der Waals surface area contributed by atoms with Gasteiger partial charge in [0.25, 0.3) is 10.0 Å². The van der Waals surface area contributed by atoms with Crippen molar-refractivity contribution in [1.82, 2.24) is 4.72 Å². The molecule has 4 aromatic rings. The van der Waals surface area contributed by atoms with Crippen molar-refractivity contribution >= 4 is 48.6 Å². The fourth-order valence-corrected chi connectivity index (χ4v) is 5.81. The average Bonchev–Trinajstić information content (AvgIpc) is 3.21. The first-order valence-corrected chi connectivity index (χ1v) is 11.8. The first kappa shape index (κ1) is 19.4. The Morgan fingerprint density at radius 3 is 2.03 bits per heavy atom. The Hall–Kier alpha value is -3.55. The van der Waals surface area contributed by atoms with Crippen molar-refractivity contribution < 1.29 is 18.0 Å². The first-order valence-electron chi connectivity index (χ1n) is 9.45. The largest absolute Gasteiger partial charge is 0.288 e. The van der Waals surface area contributed by atoms with Gasteiger partial charge in [0.1, 0.15) is 5.70 Å². The van der Waals surface area contributed by atoms with Crippen LogP contribution in [0.3, 0.4) is 0 Å². The monoisotopic (exact) mass is 445 g/mol. The number of hydrogen-bond donors (Lipinski definition) is 1. The lowest BCUT2D eigenvalue weighted by Crippen LogP contribution is -2.33. The predicted molar refractivity (Wildman–Crippen MR) is 121 cm³/mol. The van der Waals surface area contributed by atoms with Gasteiger partial charge in [0, 0.05) is 20.7 Å². The number of benzene rings is 3. The minimum absolute atomic E-state index is 0.0114. The molecule has 0 saturated carbocycles. The molecule has 0 saturated heterocycles. The van der Waals surface area contributed by atoms with E-state index in [0.29, 0.717) is 4.88 Å². The molecule has 1 aliphatic carbocycles. The van der Waals surface area contributed by atoms with Crippen molar-refractivity contribution in [3.8, 4) is 0 Å². The number of fused-ring (bicyclic) bond motifs is 2. The maximum Gasteiger partial charge on any atom is 0.262 e. The summed E-state index contributed by atoms with van der Waals surface area (Å²) in [5.41, 5.74) is 0.300. The van der Waals surface area contributed by atoms with Crippen LogP contribution in [0.4, 0.5) is 0 Å². The van der Waals surface area contributed by atoms with Crippen LogP contribution < -0.4 is 4.72 Å². The lowest BCUT2D eigenvalue weighted by Gasteiger charge is -2.21. The first-order chi connectivity index (χ1) is 15.0. The van der Waals surface area contributed by atoms with Crippen molar-refractivity contribution in [3.05, 3.63) is 107 Å². The van der Waals surface area contributed by atoms with Crippen molar-refractivity contribution in [2.24, 2.45) is 0 Å². The second kappa shape index (κ2) is 7.30. The Bertz CT molecular complexity index is 1470. The number of allylic oxidation sites excluding steroid dienone is 2. The minimum atomic E-state index is -4.07. The van der Waals surface area contributed by atoms with Gasteiger partial charge < -0.3 is 0 Å². The van der Waals surface area contributed by atoms with E-state index in [9.17, 15) is 18.0 Å². The molecule has 0 radical (unpaired) electrons. The zero-order valence-electron chi connectivity index (χ0n) is 16.0. The van der Waals surface area contributed by atoms with Crippen molar-refractivity contribution in [2.45, 2.75) is 4.90 Å². The minimum Gasteiger partial charge on any atom is -0.288 e. The van der Waals surface area contributed by atoms with E-state index in [1.54, 1.807) is 36.4 Å². The molecule has 0 fully saturated rings. The van der Waals surface area contributed by atoms with Crippen LogP contribution in [-0.2, 0) is 10.0 Å². The molecule has 0 atom stereocenters. The highest BCUT2D eigenvalue weighted by Gasteiger charge is 2.35. The Morgan fingerprint density at radius 1 is 0.710 bits per heavy atom. The van der Waals surface area contributed by atoms with E-state index in [4.69, 9.17) is 0 Å². The van der Waals surface area contributed by atoms with Gasteiger partial charge in [-0.05, 0) is 29.7 Å². The normalized spacial score (nSPS) is 14.1. The molecule has 1 aliphatic rings. The van der Waals surface area contributed by atoms with Crippen LogP contribution in [0.15, 0.2) is 95.5 Å². The van der Waals surface area contributed by atoms with Crippen molar-refractivity contribution in [2.75, 3.05) is 0 Å². The maximum absolute atomic E-state index is 13.4. The van der Waals surface area contributed by atoms with Crippen LogP contribution >= 0.6 is 11.3 Å². The molecule has 1 aromatic heterocycles. The van der Waals surface area contributed by atoms with Crippen molar-refractivity contribution in [3.63, 3.8) is 0 Å². The van der Waals surface area contributed by atoms with Crippen LogP contribution in [0, 0.1) is 0 Å². The molecule has 0 spiro atoms. The van der Waals surface area contributed by atoms with E-state index in [2.05, 4.69) is 4.72 Å². The highest BCUT2D eigenvalue weighted by molar-refractivity contribution is 7.89. The summed E-state index contributed by atoms with van der Waals surface area (Å²) in [6.07, 6.45) is 0. The number of rotatable bonds is 4. The molecular weight excluding hydrogens is 430 g/mol. The van der Waals surface area contributed by atoms with E-state index < -0.39 is 15.8 Å². The van der Waals surface area contributed by atoms with Gasteiger partial charge in [-0.25, -0.2) is 8.42 Å². The SMILES string of the molecule is O=C1C(NS(=O)(=O)c2ccccc2)=C(c2cc3ccccc3s2)C(=O)c2ccccc21. The van der Waals surface area contributed by atoms with Gasteiger partial charge in [0.2, 0.25) is 5.78 Å². The number of nitrogens with one attached hydrogen (secondary N) is 1. The van der Waals surface area contributed by atoms with E-state index in [1.165, 1.54) is 29.5 Å². The molecule has 0 unspecified atom stereocenters. The zero-order valence-corrected chi connectivity index (χ0v) is 17.7. The van der Waals surface area contributed by atoms with Gasteiger partial charge in [-0.15, -0.1) is 11.3 Å². The molecule has 152 valence electrons. The number of carbonyl (C=O) groups is 2. The van der Waals surface area contributed by atoms with Crippen LogP contribution in [0.25, 0.3) is 15.7 Å². The maximum atomic E-state index is 13.4.